The summed E-state index contributed by atoms with van der Waals surface area (Å²) >= 11 is -0.472. The van der Waals surface area contributed by atoms with Gasteiger partial charge in [0.25, 0.3) is 0 Å². The third-order valence-electron chi connectivity index (χ3n) is 18.3. The second kappa shape index (κ2) is 54.8. The minimum Gasteiger partial charge on any atom is 0 e. The first-order valence-corrected chi connectivity index (χ1v) is 42.9. The van der Waals surface area contributed by atoms with Crippen LogP contribution in [0.25, 0.3) is 102 Å². The van der Waals surface area contributed by atoms with Crippen LogP contribution in [-0.2, 0) is 114 Å². The van der Waals surface area contributed by atoms with Gasteiger partial charge in [-0.15, -0.1) is 0 Å². The summed E-state index contributed by atoms with van der Waals surface area (Å²) in [5.41, 5.74) is 19.4. The van der Waals surface area contributed by atoms with E-state index in [0.29, 0.717) is 29.2 Å². The number of fused-ring (bicyclic) bond motifs is 6. The maximum Gasteiger partial charge on any atom is 4.00 e. The zero-order valence-corrected chi connectivity index (χ0v) is 82.5. The number of pyridine rings is 7. The fourth-order valence-corrected chi connectivity index (χ4v) is 12.3. The SMILES string of the molecule is CC12CCC(c3c1n[n-]c3-c1nccc3ccccc13)C2(C)C.Cc1cc(-c2ccccn2)[n-]n1.Cc1cc(-c2ccccn2)[n-]n1.Cc1cc(-c2ccccn2)[n-]n1.Cc1cc(-c2cnccn2)[n-]n1.Cc1cc(-c2cnccn2)[n-]n1.Cc1n[n-]c(-c2ccccn2)n1.Cc1n[n-]c(-c2ccccn2)n1.O=C(O)c1ccccn1.[CH-]=O.[CH-]=O.[Cl][Pt][Cl].[Os+4].[Pt+2].[Pt+2].[Pt]. The Kier molecular flexibility index (Phi) is 45.5. The van der Waals surface area contributed by atoms with Gasteiger partial charge in [0.15, 0.2) is 0 Å². The molecule has 33 nitrogen and oxygen atoms in total. The molecule has 1 fully saturated rings. The smallest absolute Gasteiger partial charge is 0 e. The van der Waals surface area contributed by atoms with E-state index in [1.165, 1.54) is 47.1 Å². The molecule has 2 atom stereocenters. The summed E-state index contributed by atoms with van der Waals surface area (Å²) in [5, 5.41) is 74.5. The van der Waals surface area contributed by atoms with Gasteiger partial charge < -0.3 is 96.0 Å². The summed E-state index contributed by atoms with van der Waals surface area (Å²) in [6.07, 6.45) is 24.3. The van der Waals surface area contributed by atoms with Crippen LogP contribution in [0.1, 0.15) is 101 Å². The van der Waals surface area contributed by atoms with Gasteiger partial charge in [0.05, 0.1) is 40.9 Å². The zero-order chi connectivity index (χ0) is 87.9. The number of nitrogens with zero attached hydrogens (tertiary/aromatic N) is 29. The Morgan fingerprint density at radius 1 is 0.409 bits per heavy atom. The molecule has 127 heavy (non-hydrogen) atoms. The molecule has 2 bridgehead atoms. The van der Waals surface area contributed by atoms with Crippen molar-refractivity contribution in [1.29, 1.82) is 0 Å². The van der Waals surface area contributed by atoms with E-state index >= 15 is 0 Å². The minimum atomic E-state index is -0.990. The Hall–Kier alpha value is -12.0. The monoisotopic (exact) mass is 2640 g/mol. The van der Waals surface area contributed by atoms with Crippen molar-refractivity contribution in [3.05, 3.63) is 307 Å². The molecule has 0 saturated heterocycles. The molecule has 17 heterocycles. The van der Waals surface area contributed by atoms with Crippen LogP contribution in [0.5, 0.6) is 0 Å². The molecule has 1 N–H and O–H groups in total. The number of carboxylic acids is 1. The molecule has 20 rings (SSSR count). The summed E-state index contributed by atoms with van der Waals surface area (Å²) in [6, 6.07) is 53.2. The van der Waals surface area contributed by atoms with Crippen molar-refractivity contribution < 1.29 is 119 Å². The number of hydrogen-bond donors (Lipinski definition) is 1. The predicted molar refractivity (Wildman–Crippen MR) is 458 cm³/mol. The Morgan fingerprint density at radius 2 is 0.756 bits per heavy atom. The van der Waals surface area contributed by atoms with Gasteiger partial charge >= 0.3 is 103 Å². The average Bonchev–Trinajstić information content (AvgIpc) is 1.52. The Labute approximate surface area is 804 Å². The Balaban J connectivity index is 0.000000253. The number of halogens is 2. The van der Waals surface area contributed by atoms with Crippen molar-refractivity contribution in [3.8, 4) is 91.4 Å². The molecule has 40 heteroatoms. The maximum absolute atomic E-state index is 10.1. The first-order chi connectivity index (χ1) is 59.8. The predicted octanol–water partition coefficient (Wildman–Crippen LogP) is 13.5. The minimum absolute atomic E-state index is 0. The molecular formula is C87H79Cl2N29O4OsPt4-2. The van der Waals surface area contributed by atoms with Crippen LogP contribution in [0.4, 0.5) is 0 Å². The number of hydrogen-bond acceptors (Lipinski definition) is 24. The second-order valence-corrected chi connectivity index (χ2v) is 30.2. The quantitative estimate of drug-likeness (QED) is 0.104. The molecular weight excluding hydrogens is 2560 g/mol. The summed E-state index contributed by atoms with van der Waals surface area (Å²) in [4.78, 5) is 78.8. The molecule has 2 unspecified atom stereocenters. The summed E-state index contributed by atoms with van der Waals surface area (Å²) in [5.74, 6) is 2.09. The van der Waals surface area contributed by atoms with Gasteiger partial charge in [0.1, 0.15) is 5.69 Å². The van der Waals surface area contributed by atoms with Gasteiger partial charge in [-0.05, 0) is 174 Å². The molecule has 660 valence electrons. The number of aryl methyl sites for hydroxylation is 7. The largest absolute Gasteiger partial charge is 4.00 e. The fraction of sp³-hybridized carbons (Fsp3) is 0.172. The third kappa shape index (κ3) is 30.7. The van der Waals surface area contributed by atoms with Gasteiger partial charge in [-0.1, -0.05) is 146 Å². The van der Waals surface area contributed by atoms with Gasteiger partial charge in [-0.25, -0.2) is 9.78 Å². The van der Waals surface area contributed by atoms with Crippen LogP contribution in [0, 0.1) is 53.9 Å². The Morgan fingerprint density at radius 3 is 1.06 bits per heavy atom. The summed E-state index contributed by atoms with van der Waals surface area (Å²) in [6.45, 7) is 26.8. The number of carbonyl (C=O) groups is 1. The van der Waals surface area contributed by atoms with Crippen molar-refractivity contribution >= 4 is 49.2 Å². The molecule has 0 amide bonds. The molecule has 1 saturated carbocycles. The van der Waals surface area contributed by atoms with Crippen LogP contribution in [-0.4, -0.2) is 130 Å². The first-order valence-electron chi connectivity index (χ1n) is 37.2. The van der Waals surface area contributed by atoms with Crippen molar-refractivity contribution in [2.45, 2.75) is 93.4 Å². The number of aromatic nitrogens is 29. The van der Waals surface area contributed by atoms with Crippen LogP contribution < -0.4 is 40.8 Å². The number of carboxylic acid groups (broad SMARTS) is 1. The van der Waals surface area contributed by atoms with Crippen molar-refractivity contribution in [3.63, 3.8) is 0 Å². The van der Waals surface area contributed by atoms with Gasteiger partial charge in [-0.2, -0.15) is 0 Å². The van der Waals surface area contributed by atoms with E-state index in [-0.39, 0.29) is 99.5 Å². The van der Waals surface area contributed by atoms with Crippen molar-refractivity contribution in [1.82, 2.24) is 146 Å². The number of rotatable bonds is 9. The second-order valence-electron chi connectivity index (χ2n) is 26.9. The van der Waals surface area contributed by atoms with E-state index < -0.39 is 22.5 Å². The van der Waals surface area contributed by atoms with Crippen LogP contribution >= 0.6 is 18.8 Å². The van der Waals surface area contributed by atoms with Crippen LogP contribution in [0.3, 0.4) is 0 Å². The summed E-state index contributed by atoms with van der Waals surface area (Å²) in [7, 11) is 9.75. The zero-order valence-electron chi connectivity index (χ0n) is 69.3. The van der Waals surface area contributed by atoms with E-state index in [9.17, 15) is 4.79 Å². The molecule has 0 spiro atoms. The van der Waals surface area contributed by atoms with Crippen LogP contribution in [0.15, 0.2) is 250 Å². The molecule has 17 aromatic heterocycles. The van der Waals surface area contributed by atoms with Crippen molar-refractivity contribution in [2.75, 3.05) is 0 Å². The Bertz CT molecular complexity index is 5360. The third-order valence-corrected chi connectivity index (χ3v) is 18.3. The van der Waals surface area contributed by atoms with E-state index in [4.69, 9.17) is 33.5 Å². The normalized spacial score (nSPS) is 12.5. The van der Waals surface area contributed by atoms with E-state index in [0.717, 1.165) is 108 Å². The van der Waals surface area contributed by atoms with E-state index in [2.05, 4.69) is 211 Å². The molecule has 2 aliphatic rings. The topological polar surface area (TPSA) is 455 Å². The van der Waals surface area contributed by atoms with Gasteiger partial charge in [-0.3, -0.25) is 73.6 Å². The molecule has 1 aromatic carbocycles. The van der Waals surface area contributed by atoms with E-state index in [1.54, 1.807) is 94.1 Å². The standard InChI is InChI=1S/C20H20N3.3C9H8N3.4C8H7N4.C6H5NO2.2CHO.2ClH.Os.4Pt/c1-19(2)14-8-10-20(19,3)18-15(14)17(22-23-18)16-13-7-5-4-6-12(13)9-11-21-16;3*1-7-6-9(12-11-7)8-4-2-3-5-10-8;2*1-6-4-7(12-11-6)8-5-9-2-3-10-8;2*1-6-10-8(12-11-6)7-4-2-3-5-9-7;8-6(9)5-3-1-2-4-7-5;2*1-2;;;;;;;/h4-7,9,11,14H,8,10H2,1-3H3;3*2-6H,1H3;4*2-5H,1H3;1-4H,(H,8,9);2*1H;2*1H;;;;;/q8*-1;;2*-1;;;+4;;3*+2/p-2. The average molecular weight is 2640 g/mol. The fourth-order valence-electron chi connectivity index (χ4n) is 12.3. The van der Waals surface area contributed by atoms with Gasteiger partial charge in [0.2, 0.25) is 0 Å². The van der Waals surface area contributed by atoms with Crippen molar-refractivity contribution in [2.24, 2.45) is 5.41 Å². The number of aromatic carboxylic acids is 1. The molecule has 0 radical (unpaired) electrons. The van der Waals surface area contributed by atoms with Crippen LogP contribution in [0.2, 0.25) is 0 Å². The molecule has 2 aliphatic carbocycles. The summed E-state index contributed by atoms with van der Waals surface area (Å²) < 4.78 is 0. The number of carbonyl (C=O) groups excluding carboxylic acids is 2. The first kappa shape index (κ1) is 106. The molecule has 18 aromatic rings. The van der Waals surface area contributed by atoms with E-state index in [1.807, 2.05) is 162 Å². The maximum atomic E-state index is 10.1. The molecule has 0 aliphatic heterocycles. The van der Waals surface area contributed by atoms with Gasteiger partial charge in [0, 0.05) is 163 Å². The number of benzene rings is 1.